The van der Waals surface area contributed by atoms with Gasteiger partial charge in [0, 0.05) is 37.7 Å². The summed E-state index contributed by atoms with van der Waals surface area (Å²) in [7, 11) is 1.62. The van der Waals surface area contributed by atoms with Crippen LogP contribution in [0.3, 0.4) is 0 Å². The Morgan fingerprint density at radius 2 is 1.75 bits per heavy atom. The first-order valence-corrected chi connectivity index (χ1v) is 9.97. The van der Waals surface area contributed by atoms with Gasteiger partial charge in [-0.05, 0) is 62.4 Å². The van der Waals surface area contributed by atoms with E-state index in [0.29, 0.717) is 37.6 Å². The highest BCUT2D eigenvalue weighted by Crippen LogP contribution is 2.59. The van der Waals surface area contributed by atoms with Crippen LogP contribution in [0.1, 0.15) is 35.2 Å². The van der Waals surface area contributed by atoms with Gasteiger partial charge in [0.15, 0.2) is 0 Å². The van der Waals surface area contributed by atoms with Crippen molar-refractivity contribution in [2.24, 2.45) is 11.3 Å². The number of carbonyl (C=O) groups is 2. The number of aryl methyl sites for hydroxylation is 1. The van der Waals surface area contributed by atoms with Crippen molar-refractivity contribution in [1.82, 2.24) is 15.1 Å². The zero-order valence-corrected chi connectivity index (χ0v) is 17.5. The number of ether oxygens (including phenoxy) is 1. The lowest BCUT2D eigenvalue weighted by Gasteiger charge is -2.35. The number of methoxy groups -OCH3 is 1. The molecule has 7 heteroatoms. The molecular formula is C21H30ClN3O3. The number of nitrogens with one attached hydrogen (secondary N) is 1. The third kappa shape index (κ3) is 3.85. The first kappa shape index (κ1) is 20.9. The molecule has 0 radical (unpaired) electrons. The molecule has 154 valence electrons. The van der Waals surface area contributed by atoms with Crippen molar-refractivity contribution in [2.45, 2.75) is 26.2 Å². The van der Waals surface area contributed by atoms with Crippen molar-refractivity contribution in [3.63, 3.8) is 0 Å². The van der Waals surface area contributed by atoms with Gasteiger partial charge in [-0.1, -0.05) is 6.07 Å². The summed E-state index contributed by atoms with van der Waals surface area (Å²) >= 11 is 0. The second-order valence-corrected chi connectivity index (χ2v) is 8.17. The van der Waals surface area contributed by atoms with Crippen LogP contribution in [0.15, 0.2) is 18.2 Å². The molecule has 1 N–H and O–H groups in total. The largest absolute Gasteiger partial charge is 0.496 e. The molecule has 3 fully saturated rings. The van der Waals surface area contributed by atoms with Crippen molar-refractivity contribution in [3.8, 4) is 5.75 Å². The minimum atomic E-state index is 0. The Morgan fingerprint density at radius 3 is 2.39 bits per heavy atom. The summed E-state index contributed by atoms with van der Waals surface area (Å²) in [4.78, 5) is 29.5. The lowest BCUT2D eigenvalue weighted by molar-refractivity contribution is -0.135. The number of rotatable bonds is 3. The molecule has 1 saturated carbocycles. The molecule has 1 spiro atoms. The zero-order chi connectivity index (χ0) is 19.0. The quantitative estimate of drug-likeness (QED) is 0.833. The molecule has 2 saturated heterocycles. The highest BCUT2D eigenvalue weighted by atomic mass is 35.5. The molecule has 4 rings (SSSR count). The summed E-state index contributed by atoms with van der Waals surface area (Å²) in [5.74, 6) is 1.27. The van der Waals surface area contributed by atoms with Gasteiger partial charge < -0.3 is 19.9 Å². The van der Waals surface area contributed by atoms with Crippen LogP contribution < -0.4 is 10.1 Å². The van der Waals surface area contributed by atoms with Crippen molar-refractivity contribution in [2.75, 3.05) is 46.4 Å². The van der Waals surface area contributed by atoms with E-state index in [-0.39, 0.29) is 29.6 Å². The van der Waals surface area contributed by atoms with Gasteiger partial charge in [0.2, 0.25) is 5.91 Å². The molecule has 1 aromatic rings. The van der Waals surface area contributed by atoms with Gasteiger partial charge >= 0.3 is 0 Å². The first-order valence-electron chi connectivity index (χ1n) is 9.97. The maximum absolute atomic E-state index is 12.9. The molecule has 1 unspecified atom stereocenters. The Bertz CT molecular complexity index is 740. The van der Waals surface area contributed by atoms with Crippen LogP contribution in [0, 0.1) is 18.3 Å². The van der Waals surface area contributed by atoms with E-state index in [1.807, 2.05) is 28.9 Å². The Morgan fingerprint density at radius 1 is 1.11 bits per heavy atom. The van der Waals surface area contributed by atoms with Gasteiger partial charge in [-0.2, -0.15) is 0 Å². The van der Waals surface area contributed by atoms with Crippen molar-refractivity contribution in [3.05, 3.63) is 29.3 Å². The highest BCUT2D eigenvalue weighted by Gasteiger charge is 2.58. The number of carbonyl (C=O) groups excluding carboxylic acids is 2. The lowest BCUT2D eigenvalue weighted by Crippen LogP contribution is -2.51. The van der Waals surface area contributed by atoms with E-state index in [4.69, 9.17) is 4.74 Å². The van der Waals surface area contributed by atoms with E-state index < -0.39 is 0 Å². The number of piperidine rings is 1. The van der Waals surface area contributed by atoms with Crippen LogP contribution in [0.25, 0.3) is 0 Å². The minimum absolute atomic E-state index is 0. The number of amides is 2. The SMILES string of the molecule is COc1cc(C(=O)N2CCN(C(=O)C3CC34CCNCC4)CC2)ccc1C.Cl. The van der Waals surface area contributed by atoms with E-state index in [1.54, 1.807) is 13.2 Å². The molecule has 2 amide bonds. The predicted molar refractivity (Wildman–Crippen MR) is 110 cm³/mol. The third-order valence-electron chi connectivity index (χ3n) is 6.62. The molecule has 0 aromatic heterocycles. The average Bonchev–Trinajstić information content (AvgIpc) is 3.40. The molecule has 1 aliphatic carbocycles. The van der Waals surface area contributed by atoms with Crippen molar-refractivity contribution < 1.29 is 14.3 Å². The molecule has 1 atom stereocenters. The number of piperazine rings is 1. The summed E-state index contributed by atoms with van der Waals surface area (Å²) in [6.07, 6.45) is 3.30. The Hall–Kier alpha value is -1.79. The number of nitrogens with zero attached hydrogens (tertiary/aromatic N) is 2. The third-order valence-corrected chi connectivity index (χ3v) is 6.62. The highest BCUT2D eigenvalue weighted by molar-refractivity contribution is 5.95. The summed E-state index contributed by atoms with van der Waals surface area (Å²) in [5.41, 5.74) is 1.93. The monoisotopic (exact) mass is 407 g/mol. The first-order chi connectivity index (χ1) is 13.0. The standard InChI is InChI=1S/C21H29N3O3.ClH/c1-15-3-4-16(13-18(15)27-2)19(25)23-9-11-24(12-10-23)20(26)17-14-21(17)5-7-22-8-6-21;/h3-4,13,17,22H,5-12,14H2,1-2H3;1H. The lowest BCUT2D eigenvalue weighted by atomic mass is 9.91. The molecule has 6 nitrogen and oxygen atoms in total. The fraction of sp³-hybridized carbons (Fsp3) is 0.619. The number of halogens is 1. The van der Waals surface area contributed by atoms with E-state index in [2.05, 4.69) is 5.32 Å². The van der Waals surface area contributed by atoms with Crippen LogP contribution in [0.4, 0.5) is 0 Å². The number of hydrogen-bond acceptors (Lipinski definition) is 4. The van der Waals surface area contributed by atoms with E-state index in [1.165, 1.54) is 0 Å². The summed E-state index contributed by atoms with van der Waals surface area (Å²) in [6, 6.07) is 5.57. The summed E-state index contributed by atoms with van der Waals surface area (Å²) in [5, 5.41) is 3.39. The molecule has 2 aliphatic heterocycles. The fourth-order valence-electron chi connectivity index (χ4n) is 4.66. The topological polar surface area (TPSA) is 61.9 Å². The second-order valence-electron chi connectivity index (χ2n) is 8.17. The Kier molecular flexibility index (Phi) is 6.20. The number of hydrogen-bond donors (Lipinski definition) is 1. The van der Waals surface area contributed by atoms with Gasteiger partial charge in [-0.25, -0.2) is 0 Å². The van der Waals surface area contributed by atoms with Crippen molar-refractivity contribution in [1.29, 1.82) is 0 Å². The maximum atomic E-state index is 12.9. The zero-order valence-electron chi connectivity index (χ0n) is 16.7. The molecule has 2 heterocycles. The van der Waals surface area contributed by atoms with Crippen LogP contribution in [0.2, 0.25) is 0 Å². The van der Waals surface area contributed by atoms with Crippen LogP contribution >= 0.6 is 12.4 Å². The Balaban J connectivity index is 0.00000225. The summed E-state index contributed by atoms with van der Waals surface area (Å²) in [6.45, 7) is 6.50. The van der Waals surface area contributed by atoms with Crippen molar-refractivity contribution >= 4 is 24.2 Å². The molecular weight excluding hydrogens is 378 g/mol. The molecule has 3 aliphatic rings. The minimum Gasteiger partial charge on any atom is -0.496 e. The van der Waals surface area contributed by atoms with E-state index >= 15 is 0 Å². The fourth-order valence-corrected chi connectivity index (χ4v) is 4.66. The van der Waals surface area contributed by atoms with Gasteiger partial charge in [-0.15, -0.1) is 12.4 Å². The number of benzene rings is 1. The smallest absolute Gasteiger partial charge is 0.254 e. The summed E-state index contributed by atoms with van der Waals surface area (Å²) < 4.78 is 5.33. The van der Waals surface area contributed by atoms with Crippen LogP contribution in [-0.2, 0) is 4.79 Å². The normalized spacial score (nSPS) is 23.1. The van der Waals surface area contributed by atoms with Crippen LogP contribution in [-0.4, -0.2) is 68.0 Å². The van der Waals surface area contributed by atoms with Gasteiger partial charge in [0.25, 0.3) is 5.91 Å². The molecule has 1 aromatic carbocycles. The van der Waals surface area contributed by atoms with Gasteiger partial charge in [0.1, 0.15) is 5.75 Å². The maximum Gasteiger partial charge on any atom is 0.254 e. The second kappa shape index (κ2) is 8.29. The van der Waals surface area contributed by atoms with Gasteiger partial charge in [-0.3, -0.25) is 9.59 Å². The van der Waals surface area contributed by atoms with Crippen LogP contribution in [0.5, 0.6) is 5.75 Å². The Labute approximate surface area is 173 Å². The van der Waals surface area contributed by atoms with E-state index in [9.17, 15) is 9.59 Å². The molecule has 28 heavy (non-hydrogen) atoms. The van der Waals surface area contributed by atoms with E-state index in [0.717, 1.165) is 43.7 Å². The van der Waals surface area contributed by atoms with Gasteiger partial charge in [0.05, 0.1) is 7.11 Å². The molecule has 0 bridgehead atoms. The predicted octanol–water partition coefficient (Wildman–Crippen LogP) is 2.10. The average molecular weight is 408 g/mol.